The lowest BCUT2D eigenvalue weighted by Crippen LogP contribution is -2.55. The van der Waals surface area contributed by atoms with E-state index in [2.05, 4.69) is 18.7 Å². The van der Waals surface area contributed by atoms with E-state index in [-0.39, 0.29) is 6.04 Å². The van der Waals surface area contributed by atoms with Crippen LogP contribution in [0.2, 0.25) is 0 Å². The van der Waals surface area contributed by atoms with Gasteiger partial charge in [-0.05, 0) is 19.5 Å². The summed E-state index contributed by atoms with van der Waals surface area (Å²) in [5, 5.41) is 8.77. The first-order valence-corrected chi connectivity index (χ1v) is 4.91. The Kier molecular flexibility index (Phi) is 3.54. The average Bonchev–Trinajstić information content (AvgIpc) is 2.03. The smallest absolute Gasteiger partial charge is 0.407 e. The minimum atomic E-state index is -0.775. The van der Waals surface area contributed by atoms with Gasteiger partial charge in [0, 0.05) is 19.1 Å². The molecule has 0 aromatic rings. The lowest BCUT2D eigenvalue weighted by atomic mass is 10.0. The first-order valence-electron chi connectivity index (χ1n) is 4.91. The Morgan fingerprint density at radius 1 is 1.54 bits per heavy atom. The highest BCUT2D eigenvalue weighted by atomic mass is 16.4. The van der Waals surface area contributed by atoms with Crippen molar-refractivity contribution in [2.75, 3.05) is 26.2 Å². The molecular formula is C9H18N2O2. The Morgan fingerprint density at radius 3 is 2.46 bits per heavy atom. The van der Waals surface area contributed by atoms with E-state index in [1.54, 1.807) is 0 Å². The molecule has 1 N–H and O–H groups in total. The third kappa shape index (κ3) is 2.34. The Bertz CT molecular complexity index is 180. The van der Waals surface area contributed by atoms with E-state index in [0.717, 1.165) is 26.1 Å². The zero-order chi connectivity index (χ0) is 9.84. The minimum absolute atomic E-state index is 0.234. The molecule has 1 rings (SSSR count). The molecular weight excluding hydrogens is 168 g/mol. The number of carbonyl (C=O) groups is 1. The van der Waals surface area contributed by atoms with Crippen molar-refractivity contribution in [1.82, 2.24) is 9.80 Å². The number of hydrogen-bond acceptors (Lipinski definition) is 2. The van der Waals surface area contributed by atoms with E-state index < -0.39 is 6.09 Å². The van der Waals surface area contributed by atoms with Gasteiger partial charge in [0.1, 0.15) is 0 Å². The second-order valence-electron chi connectivity index (χ2n) is 3.40. The van der Waals surface area contributed by atoms with Crippen LogP contribution in [0.25, 0.3) is 0 Å². The SMILES string of the molecule is CCN(CC)CC1CCN1C(=O)O. The van der Waals surface area contributed by atoms with Crippen LogP contribution in [0, 0.1) is 0 Å². The molecule has 1 amide bonds. The fourth-order valence-electron chi connectivity index (χ4n) is 1.66. The van der Waals surface area contributed by atoms with Crippen LogP contribution in [0.15, 0.2) is 0 Å². The van der Waals surface area contributed by atoms with Gasteiger partial charge in [0.25, 0.3) is 0 Å². The van der Waals surface area contributed by atoms with Crippen molar-refractivity contribution in [3.8, 4) is 0 Å². The van der Waals surface area contributed by atoms with Gasteiger partial charge in [-0.2, -0.15) is 0 Å². The van der Waals surface area contributed by atoms with Crippen LogP contribution < -0.4 is 0 Å². The zero-order valence-corrected chi connectivity index (χ0v) is 8.36. The molecule has 0 spiro atoms. The summed E-state index contributed by atoms with van der Waals surface area (Å²) in [6, 6.07) is 0.234. The molecule has 0 aromatic carbocycles. The number of likely N-dealkylation sites (N-methyl/N-ethyl adjacent to an activating group) is 1. The predicted octanol–water partition coefficient (Wildman–Crippen LogP) is 1.08. The highest BCUT2D eigenvalue weighted by Crippen LogP contribution is 2.18. The van der Waals surface area contributed by atoms with Crippen LogP contribution in [-0.2, 0) is 0 Å². The molecule has 0 aromatic heterocycles. The molecule has 4 nitrogen and oxygen atoms in total. The van der Waals surface area contributed by atoms with E-state index in [4.69, 9.17) is 5.11 Å². The summed E-state index contributed by atoms with van der Waals surface area (Å²) >= 11 is 0. The Morgan fingerprint density at radius 2 is 2.15 bits per heavy atom. The number of nitrogens with zero attached hydrogens (tertiary/aromatic N) is 2. The Labute approximate surface area is 79.1 Å². The molecule has 1 heterocycles. The first-order chi connectivity index (χ1) is 6.19. The maximum absolute atomic E-state index is 10.7. The van der Waals surface area contributed by atoms with Crippen LogP contribution in [0.4, 0.5) is 4.79 Å². The van der Waals surface area contributed by atoms with Gasteiger partial charge in [0.05, 0.1) is 0 Å². The van der Waals surface area contributed by atoms with Gasteiger partial charge in [-0.15, -0.1) is 0 Å². The number of carboxylic acid groups (broad SMARTS) is 1. The van der Waals surface area contributed by atoms with Crippen molar-refractivity contribution < 1.29 is 9.90 Å². The second-order valence-corrected chi connectivity index (χ2v) is 3.40. The van der Waals surface area contributed by atoms with Crippen molar-refractivity contribution >= 4 is 6.09 Å². The first kappa shape index (κ1) is 10.3. The molecule has 13 heavy (non-hydrogen) atoms. The summed E-state index contributed by atoms with van der Waals surface area (Å²) in [4.78, 5) is 14.4. The largest absolute Gasteiger partial charge is 0.465 e. The van der Waals surface area contributed by atoms with Crippen LogP contribution in [0.3, 0.4) is 0 Å². The molecule has 0 saturated carbocycles. The minimum Gasteiger partial charge on any atom is -0.465 e. The van der Waals surface area contributed by atoms with Gasteiger partial charge >= 0.3 is 6.09 Å². The molecule has 0 aliphatic carbocycles. The third-order valence-electron chi connectivity index (χ3n) is 2.75. The standard InChI is InChI=1S/C9H18N2O2/c1-3-10(4-2)7-8-5-6-11(8)9(12)13/h8H,3-7H2,1-2H3,(H,12,13). The molecule has 1 aliphatic heterocycles. The number of hydrogen-bond donors (Lipinski definition) is 1. The average molecular weight is 186 g/mol. The summed E-state index contributed by atoms with van der Waals surface area (Å²) < 4.78 is 0. The molecule has 76 valence electrons. The van der Waals surface area contributed by atoms with Gasteiger partial charge < -0.3 is 14.9 Å². The Hall–Kier alpha value is -0.770. The fraction of sp³-hybridized carbons (Fsp3) is 0.889. The van der Waals surface area contributed by atoms with Gasteiger partial charge in [-0.3, -0.25) is 0 Å². The van der Waals surface area contributed by atoms with Crippen molar-refractivity contribution in [1.29, 1.82) is 0 Å². The molecule has 1 aliphatic rings. The van der Waals surface area contributed by atoms with Crippen molar-refractivity contribution in [2.45, 2.75) is 26.3 Å². The van der Waals surface area contributed by atoms with Crippen LogP contribution in [-0.4, -0.2) is 53.2 Å². The summed E-state index contributed by atoms with van der Waals surface area (Å²) in [7, 11) is 0. The molecule has 1 saturated heterocycles. The third-order valence-corrected chi connectivity index (χ3v) is 2.75. The van der Waals surface area contributed by atoms with Gasteiger partial charge in [0.15, 0.2) is 0 Å². The molecule has 1 fully saturated rings. The van der Waals surface area contributed by atoms with Crippen molar-refractivity contribution in [3.63, 3.8) is 0 Å². The van der Waals surface area contributed by atoms with Gasteiger partial charge in [-0.25, -0.2) is 4.79 Å². The molecule has 4 heteroatoms. The molecule has 0 bridgehead atoms. The predicted molar refractivity (Wildman–Crippen MR) is 50.9 cm³/mol. The van der Waals surface area contributed by atoms with E-state index >= 15 is 0 Å². The van der Waals surface area contributed by atoms with E-state index in [1.165, 1.54) is 4.90 Å². The van der Waals surface area contributed by atoms with Crippen LogP contribution in [0.5, 0.6) is 0 Å². The quantitative estimate of drug-likeness (QED) is 0.714. The van der Waals surface area contributed by atoms with E-state index in [9.17, 15) is 4.79 Å². The molecule has 1 unspecified atom stereocenters. The van der Waals surface area contributed by atoms with E-state index in [0.29, 0.717) is 6.54 Å². The topological polar surface area (TPSA) is 43.8 Å². The number of rotatable bonds is 4. The maximum Gasteiger partial charge on any atom is 0.407 e. The van der Waals surface area contributed by atoms with Crippen LogP contribution >= 0.6 is 0 Å². The highest BCUT2D eigenvalue weighted by Gasteiger charge is 2.32. The highest BCUT2D eigenvalue weighted by molar-refractivity contribution is 5.66. The fourth-order valence-corrected chi connectivity index (χ4v) is 1.66. The van der Waals surface area contributed by atoms with Crippen molar-refractivity contribution in [2.24, 2.45) is 0 Å². The zero-order valence-electron chi connectivity index (χ0n) is 8.36. The number of likely N-dealkylation sites (tertiary alicyclic amines) is 1. The second kappa shape index (κ2) is 4.46. The molecule has 1 atom stereocenters. The summed E-state index contributed by atoms with van der Waals surface area (Å²) in [5.74, 6) is 0. The maximum atomic E-state index is 10.7. The summed E-state index contributed by atoms with van der Waals surface area (Å²) in [6.45, 7) is 7.81. The summed E-state index contributed by atoms with van der Waals surface area (Å²) in [6.07, 6.45) is 0.242. The van der Waals surface area contributed by atoms with E-state index in [1.807, 2.05) is 0 Å². The van der Waals surface area contributed by atoms with Gasteiger partial charge in [-0.1, -0.05) is 13.8 Å². The lowest BCUT2D eigenvalue weighted by Gasteiger charge is -2.41. The Balaban J connectivity index is 2.32. The van der Waals surface area contributed by atoms with Crippen LogP contribution in [0.1, 0.15) is 20.3 Å². The monoisotopic (exact) mass is 186 g/mol. The van der Waals surface area contributed by atoms with Gasteiger partial charge in [0.2, 0.25) is 0 Å². The van der Waals surface area contributed by atoms with Crippen molar-refractivity contribution in [3.05, 3.63) is 0 Å². The molecule has 0 radical (unpaired) electrons. The normalized spacial score (nSPS) is 21.8. The summed E-state index contributed by atoms with van der Waals surface area (Å²) in [5.41, 5.74) is 0. The lowest BCUT2D eigenvalue weighted by molar-refractivity contribution is 0.0560. The number of amides is 1.